The summed E-state index contributed by atoms with van der Waals surface area (Å²) >= 11 is 0. The molecule has 0 radical (unpaired) electrons. The summed E-state index contributed by atoms with van der Waals surface area (Å²) in [6, 6.07) is 8.36. The van der Waals surface area contributed by atoms with Crippen molar-refractivity contribution >= 4 is 29.2 Å². The van der Waals surface area contributed by atoms with Gasteiger partial charge >= 0.3 is 17.8 Å². The zero-order chi connectivity index (χ0) is 18.4. The van der Waals surface area contributed by atoms with E-state index in [9.17, 15) is 23.2 Å². The molecule has 2 aromatic rings. The van der Waals surface area contributed by atoms with Gasteiger partial charge in [-0.1, -0.05) is 12.1 Å². The fourth-order valence-electron chi connectivity index (χ4n) is 1.93. The maximum absolute atomic E-state index is 13.5. The van der Waals surface area contributed by atoms with Gasteiger partial charge in [-0.3, -0.25) is 9.59 Å². The molecule has 0 spiro atoms. The van der Waals surface area contributed by atoms with E-state index in [-0.39, 0.29) is 17.9 Å². The average Bonchev–Trinajstić information content (AvgIpc) is 2.58. The van der Waals surface area contributed by atoms with Gasteiger partial charge in [-0.25, -0.2) is 13.6 Å². The van der Waals surface area contributed by atoms with Gasteiger partial charge in [-0.05, 0) is 31.2 Å². The molecule has 6 nitrogen and oxygen atoms in total. The van der Waals surface area contributed by atoms with Gasteiger partial charge in [-0.2, -0.15) is 0 Å². The maximum atomic E-state index is 13.5. The number of carbonyl (C=O) groups is 3. The largest absolute Gasteiger partial charge is 0.462 e. The molecule has 2 aromatic carbocycles. The van der Waals surface area contributed by atoms with Crippen LogP contribution in [0.5, 0.6) is 0 Å². The second-order valence-electron chi connectivity index (χ2n) is 4.80. The van der Waals surface area contributed by atoms with Crippen LogP contribution in [0, 0.1) is 11.6 Å². The standard InChI is InChI=1S/C17H14F2N2O4/c1-2-25-17(24)11-5-3-4-6-13(11)20-15(22)16(23)21-14-9-10(18)7-8-12(14)19/h3-9H,2H2,1H3,(H,20,22)(H,21,23). The van der Waals surface area contributed by atoms with Crippen LogP contribution in [0.25, 0.3) is 0 Å². The van der Waals surface area contributed by atoms with Crippen molar-refractivity contribution in [1.29, 1.82) is 0 Å². The van der Waals surface area contributed by atoms with Gasteiger partial charge in [0.15, 0.2) is 0 Å². The van der Waals surface area contributed by atoms with Crippen LogP contribution in [0.2, 0.25) is 0 Å². The van der Waals surface area contributed by atoms with Gasteiger partial charge in [0.05, 0.1) is 23.5 Å². The van der Waals surface area contributed by atoms with E-state index in [0.717, 1.165) is 18.2 Å². The Bertz CT molecular complexity index is 824. The number of benzene rings is 2. The first-order chi connectivity index (χ1) is 11.9. The summed E-state index contributed by atoms with van der Waals surface area (Å²) in [5.41, 5.74) is -0.359. The lowest BCUT2D eigenvalue weighted by atomic mass is 10.2. The summed E-state index contributed by atoms with van der Waals surface area (Å²) in [7, 11) is 0. The van der Waals surface area contributed by atoms with Crippen molar-refractivity contribution in [3.8, 4) is 0 Å². The molecule has 0 aromatic heterocycles. The van der Waals surface area contributed by atoms with Crippen molar-refractivity contribution in [3.05, 3.63) is 59.7 Å². The van der Waals surface area contributed by atoms with Gasteiger partial charge in [0, 0.05) is 6.07 Å². The van der Waals surface area contributed by atoms with Crippen LogP contribution in [-0.2, 0) is 14.3 Å². The quantitative estimate of drug-likeness (QED) is 0.657. The number of hydrogen-bond donors (Lipinski definition) is 2. The summed E-state index contributed by atoms with van der Waals surface area (Å²) in [6.45, 7) is 1.76. The minimum Gasteiger partial charge on any atom is -0.462 e. The number of nitrogens with one attached hydrogen (secondary N) is 2. The Morgan fingerprint density at radius 1 is 0.960 bits per heavy atom. The lowest BCUT2D eigenvalue weighted by molar-refractivity contribution is -0.133. The normalized spacial score (nSPS) is 10.0. The molecule has 0 aliphatic rings. The molecule has 0 heterocycles. The van der Waals surface area contributed by atoms with Gasteiger partial charge in [-0.15, -0.1) is 0 Å². The van der Waals surface area contributed by atoms with E-state index in [1.807, 2.05) is 5.32 Å². The first-order valence-electron chi connectivity index (χ1n) is 7.26. The highest BCUT2D eigenvalue weighted by Crippen LogP contribution is 2.18. The molecule has 2 amide bonds. The predicted molar refractivity (Wildman–Crippen MR) is 86.0 cm³/mol. The molecule has 0 fully saturated rings. The number of carbonyl (C=O) groups excluding carboxylic acids is 3. The summed E-state index contributed by atoms with van der Waals surface area (Å²) in [6.07, 6.45) is 0. The fraction of sp³-hybridized carbons (Fsp3) is 0.118. The highest BCUT2D eigenvalue weighted by molar-refractivity contribution is 6.44. The molecule has 25 heavy (non-hydrogen) atoms. The number of halogens is 2. The Labute approximate surface area is 141 Å². The van der Waals surface area contributed by atoms with Crippen molar-refractivity contribution in [2.24, 2.45) is 0 Å². The van der Waals surface area contributed by atoms with Crippen molar-refractivity contribution in [2.75, 3.05) is 17.2 Å². The molecule has 0 aliphatic carbocycles. The molecular formula is C17H14F2N2O4. The van der Waals surface area contributed by atoms with Crippen LogP contribution in [-0.4, -0.2) is 24.4 Å². The fourth-order valence-corrected chi connectivity index (χ4v) is 1.93. The second-order valence-corrected chi connectivity index (χ2v) is 4.80. The van der Waals surface area contributed by atoms with Gasteiger partial charge in [0.1, 0.15) is 11.6 Å². The molecule has 2 rings (SSSR count). The SMILES string of the molecule is CCOC(=O)c1ccccc1NC(=O)C(=O)Nc1cc(F)ccc1F. The number of esters is 1. The van der Waals surface area contributed by atoms with E-state index in [2.05, 4.69) is 5.32 Å². The van der Waals surface area contributed by atoms with E-state index in [0.29, 0.717) is 0 Å². The van der Waals surface area contributed by atoms with Crippen LogP contribution in [0.3, 0.4) is 0 Å². The zero-order valence-electron chi connectivity index (χ0n) is 13.1. The number of amides is 2. The van der Waals surface area contributed by atoms with Gasteiger partial charge in [0.2, 0.25) is 0 Å². The van der Waals surface area contributed by atoms with E-state index in [4.69, 9.17) is 4.74 Å². The van der Waals surface area contributed by atoms with Crippen molar-refractivity contribution in [1.82, 2.24) is 0 Å². The molecule has 0 saturated heterocycles. The molecule has 8 heteroatoms. The third kappa shape index (κ3) is 4.60. The smallest absolute Gasteiger partial charge is 0.340 e. The minimum absolute atomic E-state index is 0.0563. The van der Waals surface area contributed by atoms with Crippen LogP contribution in [0.15, 0.2) is 42.5 Å². The van der Waals surface area contributed by atoms with Crippen molar-refractivity contribution < 1.29 is 27.9 Å². The summed E-state index contributed by atoms with van der Waals surface area (Å²) in [5.74, 6) is -4.71. The highest BCUT2D eigenvalue weighted by atomic mass is 19.1. The summed E-state index contributed by atoms with van der Waals surface area (Å²) in [5, 5.41) is 4.20. The van der Waals surface area contributed by atoms with Crippen molar-refractivity contribution in [3.63, 3.8) is 0 Å². The van der Waals surface area contributed by atoms with Crippen molar-refractivity contribution in [2.45, 2.75) is 6.92 Å². The summed E-state index contributed by atoms with van der Waals surface area (Å²) < 4.78 is 31.4. The first kappa shape index (κ1) is 18.1. The Balaban J connectivity index is 2.13. The number of anilines is 2. The van der Waals surface area contributed by atoms with Crippen LogP contribution in [0.4, 0.5) is 20.2 Å². The monoisotopic (exact) mass is 348 g/mol. The number of para-hydroxylation sites is 1. The average molecular weight is 348 g/mol. The molecular weight excluding hydrogens is 334 g/mol. The summed E-state index contributed by atoms with van der Waals surface area (Å²) in [4.78, 5) is 35.6. The Hall–Kier alpha value is -3.29. The molecule has 0 bridgehead atoms. The maximum Gasteiger partial charge on any atom is 0.340 e. The highest BCUT2D eigenvalue weighted by Gasteiger charge is 2.19. The molecule has 130 valence electrons. The second kappa shape index (κ2) is 8.00. The minimum atomic E-state index is -1.22. The number of hydrogen-bond acceptors (Lipinski definition) is 4. The third-order valence-corrected chi connectivity index (χ3v) is 3.05. The molecule has 0 aliphatic heterocycles. The van der Waals surface area contributed by atoms with E-state index < -0.39 is 35.1 Å². The van der Waals surface area contributed by atoms with Crippen LogP contribution >= 0.6 is 0 Å². The van der Waals surface area contributed by atoms with E-state index in [1.165, 1.54) is 12.1 Å². The van der Waals surface area contributed by atoms with Crippen LogP contribution < -0.4 is 10.6 Å². The molecule has 0 atom stereocenters. The lowest BCUT2D eigenvalue weighted by Gasteiger charge is -2.10. The lowest BCUT2D eigenvalue weighted by Crippen LogP contribution is -2.30. The van der Waals surface area contributed by atoms with E-state index in [1.54, 1.807) is 19.1 Å². The first-order valence-corrected chi connectivity index (χ1v) is 7.26. The van der Waals surface area contributed by atoms with E-state index >= 15 is 0 Å². The van der Waals surface area contributed by atoms with Gasteiger partial charge in [0.25, 0.3) is 0 Å². The predicted octanol–water partition coefficient (Wildman–Crippen LogP) is 2.72. The number of ether oxygens (including phenoxy) is 1. The third-order valence-electron chi connectivity index (χ3n) is 3.05. The number of rotatable bonds is 4. The van der Waals surface area contributed by atoms with Gasteiger partial charge < -0.3 is 15.4 Å². The van der Waals surface area contributed by atoms with Crippen LogP contribution in [0.1, 0.15) is 17.3 Å². The zero-order valence-corrected chi connectivity index (χ0v) is 13.1. The topological polar surface area (TPSA) is 84.5 Å². The Morgan fingerprint density at radius 3 is 2.28 bits per heavy atom. The molecule has 0 unspecified atom stereocenters. The Morgan fingerprint density at radius 2 is 1.60 bits per heavy atom. The molecule has 2 N–H and O–H groups in total. The molecule has 0 saturated carbocycles. The Kier molecular flexibility index (Phi) is 5.78.